The number of pyridine rings is 1. The lowest BCUT2D eigenvalue weighted by atomic mass is 10.1. The van der Waals surface area contributed by atoms with Crippen LogP contribution in [0, 0.1) is 19.7 Å². The summed E-state index contributed by atoms with van der Waals surface area (Å²) in [6, 6.07) is 15.9. The second-order valence-corrected chi connectivity index (χ2v) is 9.24. The summed E-state index contributed by atoms with van der Waals surface area (Å²) in [6.07, 6.45) is 3.01. The molecule has 0 bridgehead atoms. The van der Waals surface area contributed by atoms with Crippen LogP contribution in [0.5, 0.6) is 0 Å². The van der Waals surface area contributed by atoms with Gasteiger partial charge in [0.25, 0.3) is 5.56 Å². The van der Waals surface area contributed by atoms with Crippen molar-refractivity contribution in [1.29, 1.82) is 0 Å². The summed E-state index contributed by atoms with van der Waals surface area (Å²) in [5.74, 6) is 1.75. The molecule has 0 unspecified atom stereocenters. The smallest absolute Gasteiger partial charge is 0.267 e. The second-order valence-electron chi connectivity index (χ2n) is 8.17. The van der Waals surface area contributed by atoms with Gasteiger partial charge in [-0.05, 0) is 55.7 Å². The Balaban J connectivity index is 1.33. The number of hydrogen-bond donors (Lipinski definition) is 0. The Morgan fingerprint density at radius 2 is 1.91 bits per heavy atom. The van der Waals surface area contributed by atoms with Crippen LogP contribution in [0.15, 0.2) is 75.3 Å². The van der Waals surface area contributed by atoms with Gasteiger partial charge in [0.15, 0.2) is 5.16 Å². The van der Waals surface area contributed by atoms with Crippen molar-refractivity contribution < 1.29 is 8.91 Å². The first-order valence-corrected chi connectivity index (χ1v) is 12.1. The predicted molar refractivity (Wildman–Crippen MR) is 133 cm³/mol. The number of benzene rings is 2. The zero-order valence-corrected chi connectivity index (χ0v) is 20.1. The Kier molecular flexibility index (Phi) is 6.41. The highest BCUT2D eigenvalue weighted by Gasteiger charge is 2.15. The van der Waals surface area contributed by atoms with Gasteiger partial charge in [0.1, 0.15) is 11.6 Å². The lowest BCUT2D eigenvalue weighted by Gasteiger charge is -2.12. The van der Waals surface area contributed by atoms with Crippen molar-refractivity contribution in [1.82, 2.24) is 24.7 Å². The highest BCUT2D eigenvalue weighted by atomic mass is 32.2. The molecule has 0 fully saturated rings. The van der Waals surface area contributed by atoms with E-state index < -0.39 is 0 Å². The molecule has 5 rings (SSSR count). The maximum absolute atomic E-state index is 13.9. The maximum atomic E-state index is 13.9. The first-order chi connectivity index (χ1) is 17.0. The highest BCUT2D eigenvalue weighted by Crippen LogP contribution is 2.23. The third-order valence-electron chi connectivity index (χ3n) is 5.53. The van der Waals surface area contributed by atoms with Crippen LogP contribution >= 0.6 is 11.8 Å². The van der Waals surface area contributed by atoms with Crippen LogP contribution in [0.25, 0.3) is 28.1 Å². The largest absolute Gasteiger partial charge is 0.339 e. The van der Waals surface area contributed by atoms with Crippen LogP contribution in [0.1, 0.15) is 23.4 Å². The first kappa shape index (κ1) is 22.9. The predicted octanol–water partition coefficient (Wildman–Crippen LogP) is 5.31. The Morgan fingerprint density at radius 3 is 2.71 bits per heavy atom. The van der Waals surface area contributed by atoms with E-state index in [1.165, 1.54) is 17.8 Å². The molecule has 0 saturated heterocycles. The third kappa shape index (κ3) is 4.85. The van der Waals surface area contributed by atoms with Crippen molar-refractivity contribution in [3.63, 3.8) is 0 Å². The van der Waals surface area contributed by atoms with E-state index in [0.717, 1.165) is 12.0 Å². The minimum atomic E-state index is -0.303. The molecule has 0 atom stereocenters. The summed E-state index contributed by atoms with van der Waals surface area (Å²) in [7, 11) is 0. The fourth-order valence-electron chi connectivity index (χ4n) is 3.60. The summed E-state index contributed by atoms with van der Waals surface area (Å²) in [5.41, 5.74) is 2.65. The second kappa shape index (κ2) is 9.79. The number of fused-ring (bicyclic) bond motifs is 1. The van der Waals surface area contributed by atoms with Crippen LogP contribution in [-0.4, -0.2) is 30.4 Å². The van der Waals surface area contributed by atoms with Gasteiger partial charge in [0.2, 0.25) is 11.7 Å². The van der Waals surface area contributed by atoms with E-state index >= 15 is 0 Å². The lowest BCUT2D eigenvalue weighted by Crippen LogP contribution is -2.22. The van der Waals surface area contributed by atoms with E-state index in [2.05, 4.69) is 15.1 Å². The average molecular weight is 488 g/mol. The SMILES string of the molecule is Cc1ccc(-n2c(SCCCc3nc(-c4ccc(C)c(F)c4)no3)nc3ccccc3c2=O)nc1. The van der Waals surface area contributed by atoms with Crippen molar-refractivity contribution in [2.45, 2.75) is 31.8 Å². The standard InChI is InChI=1S/C26H22FN5O2S/c1-16-9-12-22(28-15-16)32-25(33)19-6-3-4-7-21(19)29-26(32)35-13-5-8-23-30-24(31-34-23)18-11-10-17(2)20(27)14-18/h3-4,6-7,9-12,14-15H,5,8,13H2,1-2H3. The molecule has 0 radical (unpaired) electrons. The average Bonchev–Trinajstić information content (AvgIpc) is 3.33. The van der Waals surface area contributed by atoms with Crippen LogP contribution < -0.4 is 5.56 Å². The van der Waals surface area contributed by atoms with Gasteiger partial charge >= 0.3 is 0 Å². The zero-order valence-electron chi connectivity index (χ0n) is 19.2. The molecule has 7 nitrogen and oxygen atoms in total. The molecule has 2 aromatic carbocycles. The van der Waals surface area contributed by atoms with E-state index in [1.54, 1.807) is 35.9 Å². The van der Waals surface area contributed by atoms with Gasteiger partial charge in [-0.2, -0.15) is 4.98 Å². The molecule has 0 aliphatic heterocycles. The quantitative estimate of drug-likeness (QED) is 0.175. The van der Waals surface area contributed by atoms with Gasteiger partial charge in [-0.3, -0.25) is 4.79 Å². The summed E-state index contributed by atoms with van der Waals surface area (Å²) in [6.45, 7) is 3.66. The molecule has 9 heteroatoms. The van der Waals surface area contributed by atoms with E-state index in [1.807, 2.05) is 37.3 Å². The molecule has 35 heavy (non-hydrogen) atoms. The fourth-order valence-corrected chi connectivity index (χ4v) is 4.54. The lowest BCUT2D eigenvalue weighted by molar-refractivity contribution is 0.378. The van der Waals surface area contributed by atoms with E-state index in [4.69, 9.17) is 9.51 Å². The molecule has 0 N–H and O–H groups in total. The van der Waals surface area contributed by atoms with Gasteiger partial charge in [-0.15, -0.1) is 0 Å². The number of aryl methyl sites for hydroxylation is 3. The highest BCUT2D eigenvalue weighted by molar-refractivity contribution is 7.99. The number of thioether (sulfide) groups is 1. The Labute approximate surface area is 205 Å². The number of halogens is 1. The minimum Gasteiger partial charge on any atom is -0.339 e. The van der Waals surface area contributed by atoms with Gasteiger partial charge in [-0.25, -0.2) is 18.9 Å². The molecule has 0 aliphatic carbocycles. The van der Waals surface area contributed by atoms with Crippen LogP contribution in [0.2, 0.25) is 0 Å². The first-order valence-electron chi connectivity index (χ1n) is 11.2. The molecule has 0 saturated carbocycles. The van der Waals surface area contributed by atoms with Gasteiger partial charge in [0.05, 0.1) is 10.9 Å². The summed E-state index contributed by atoms with van der Waals surface area (Å²) < 4.78 is 20.8. The number of hydrogen-bond acceptors (Lipinski definition) is 7. The number of aromatic nitrogens is 5. The summed E-state index contributed by atoms with van der Waals surface area (Å²) in [5, 5.41) is 5.10. The van der Waals surface area contributed by atoms with E-state index in [0.29, 0.717) is 56.9 Å². The van der Waals surface area contributed by atoms with Crippen LogP contribution in [0.4, 0.5) is 4.39 Å². The van der Waals surface area contributed by atoms with Gasteiger partial charge < -0.3 is 4.52 Å². The molecule has 5 aromatic rings. The number of nitrogens with zero attached hydrogens (tertiary/aromatic N) is 5. The fraction of sp³-hybridized carbons (Fsp3) is 0.192. The molecule has 176 valence electrons. The monoisotopic (exact) mass is 487 g/mol. The van der Waals surface area contributed by atoms with Crippen molar-refractivity contribution in [2.75, 3.05) is 5.75 Å². The van der Waals surface area contributed by atoms with Crippen LogP contribution in [-0.2, 0) is 6.42 Å². The van der Waals surface area contributed by atoms with Gasteiger partial charge in [-0.1, -0.05) is 47.3 Å². The maximum Gasteiger partial charge on any atom is 0.267 e. The van der Waals surface area contributed by atoms with Crippen molar-refractivity contribution in [3.8, 4) is 17.2 Å². The molecule has 0 spiro atoms. The normalized spacial score (nSPS) is 11.3. The van der Waals surface area contributed by atoms with E-state index in [9.17, 15) is 9.18 Å². The number of para-hydroxylation sites is 1. The summed E-state index contributed by atoms with van der Waals surface area (Å²) >= 11 is 1.47. The molecule has 0 aliphatic rings. The Bertz CT molecular complexity index is 1560. The van der Waals surface area contributed by atoms with Crippen molar-refractivity contribution in [3.05, 3.63) is 94.0 Å². The Morgan fingerprint density at radius 1 is 1.06 bits per heavy atom. The number of rotatable bonds is 7. The molecular formula is C26H22FN5O2S. The molecular weight excluding hydrogens is 465 g/mol. The van der Waals surface area contributed by atoms with Crippen molar-refractivity contribution in [2.24, 2.45) is 0 Å². The zero-order chi connectivity index (χ0) is 24.4. The minimum absolute atomic E-state index is 0.152. The topological polar surface area (TPSA) is 86.7 Å². The molecule has 3 heterocycles. The molecule has 3 aromatic heterocycles. The molecule has 0 amide bonds. The third-order valence-corrected chi connectivity index (χ3v) is 6.56. The van der Waals surface area contributed by atoms with Crippen LogP contribution in [0.3, 0.4) is 0 Å². The van der Waals surface area contributed by atoms with Gasteiger partial charge in [0, 0.05) is 23.9 Å². The Hall–Kier alpha value is -3.85. The summed E-state index contributed by atoms with van der Waals surface area (Å²) in [4.78, 5) is 26.9. The van der Waals surface area contributed by atoms with Crippen molar-refractivity contribution >= 4 is 22.7 Å². The van der Waals surface area contributed by atoms with E-state index in [-0.39, 0.29) is 11.4 Å².